The van der Waals surface area contributed by atoms with E-state index in [1.807, 2.05) is 0 Å². The summed E-state index contributed by atoms with van der Waals surface area (Å²) in [6.07, 6.45) is 3.30. The number of hydrogen-bond acceptors (Lipinski definition) is 2. The van der Waals surface area contributed by atoms with E-state index in [1.165, 1.54) is 0 Å². The van der Waals surface area contributed by atoms with Crippen molar-refractivity contribution in [1.29, 1.82) is 0 Å². The first-order valence-electron chi connectivity index (χ1n) is 6.15. The fourth-order valence-corrected chi connectivity index (χ4v) is 2.29. The van der Waals surface area contributed by atoms with Crippen molar-refractivity contribution in [1.82, 2.24) is 4.98 Å². The molecule has 0 radical (unpaired) electrons. The van der Waals surface area contributed by atoms with E-state index in [1.54, 1.807) is 44.5 Å². The molecule has 2 N–H and O–H groups in total. The normalized spacial score (nSPS) is 15.3. The van der Waals surface area contributed by atoms with Gasteiger partial charge in [0, 0.05) is 11.8 Å². The van der Waals surface area contributed by atoms with E-state index < -0.39 is 0 Å². The highest BCUT2D eigenvalue weighted by molar-refractivity contribution is 6.35. The Bertz CT molecular complexity index is 731. The number of nitrogens with one attached hydrogen (secondary N) is 2. The number of carbonyl (C=O) groups excluding carboxylic acids is 1. The summed E-state index contributed by atoms with van der Waals surface area (Å²) in [4.78, 5) is 15.0. The molecule has 0 atom stereocenters. The van der Waals surface area contributed by atoms with Gasteiger partial charge in [-0.3, -0.25) is 4.79 Å². The third kappa shape index (κ3) is 1.79. The quantitative estimate of drug-likeness (QED) is 0.826. The Morgan fingerprint density at radius 1 is 1.30 bits per heavy atom. The minimum Gasteiger partial charge on any atom is -0.495 e. The number of methoxy groups -OCH3 is 1. The molecule has 0 saturated heterocycles. The molecule has 2 aromatic rings. The molecule has 0 spiro atoms. The molecule has 1 aromatic carbocycles. The second kappa shape index (κ2) is 4.52. The van der Waals surface area contributed by atoms with Crippen LogP contribution in [0.3, 0.4) is 0 Å². The first-order valence-corrected chi connectivity index (χ1v) is 6.15. The monoisotopic (exact) mass is 272 g/mol. The maximum Gasteiger partial charge on any atom is 0.256 e. The van der Waals surface area contributed by atoms with Gasteiger partial charge in [0.2, 0.25) is 0 Å². The number of ether oxygens (including phenoxy) is 1. The fraction of sp³-hybridized carbons (Fsp3) is 0.133. The number of aryl methyl sites for hydroxylation is 1. The van der Waals surface area contributed by atoms with Crippen LogP contribution in [0, 0.1) is 12.7 Å². The fourth-order valence-electron chi connectivity index (χ4n) is 2.29. The number of carbonyl (C=O) groups is 1. The van der Waals surface area contributed by atoms with Gasteiger partial charge < -0.3 is 15.0 Å². The molecule has 0 saturated carbocycles. The molecule has 102 valence electrons. The summed E-state index contributed by atoms with van der Waals surface area (Å²) in [5, 5.41) is 2.66. The Morgan fingerprint density at radius 3 is 2.85 bits per heavy atom. The molecule has 4 nitrogen and oxygen atoms in total. The minimum atomic E-state index is -0.377. The largest absolute Gasteiger partial charge is 0.495 e. The Hall–Kier alpha value is -2.56. The third-order valence-electron chi connectivity index (χ3n) is 3.34. The van der Waals surface area contributed by atoms with Gasteiger partial charge in [-0.15, -0.1) is 0 Å². The lowest BCUT2D eigenvalue weighted by molar-refractivity contribution is -0.110. The standard InChI is InChI=1S/C15H13FN2O2/c1-8-3-4-10-13(14(8)16)9(15(19)18-10)7-11-12(20-2)5-6-17-11/h3-7,17H,1-2H3,(H,18,19)/b9-7-. The molecule has 2 heterocycles. The highest BCUT2D eigenvalue weighted by Crippen LogP contribution is 2.37. The molecule has 5 heteroatoms. The zero-order chi connectivity index (χ0) is 14.3. The summed E-state index contributed by atoms with van der Waals surface area (Å²) in [6.45, 7) is 1.67. The van der Waals surface area contributed by atoms with E-state index in [0.29, 0.717) is 33.8 Å². The van der Waals surface area contributed by atoms with E-state index in [4.69, 9.17) is 4.74 Å². The molecule has 0 bridgehead atoms. The minimum absolute atomic E-state index is 0.293. The summed E-state index contributed by atoms with van der Waals surface area (Å²) in [7, 11) is 1.54. The number of benzene rings is 1. The van der Waals surface area contributed by atoms with Crippen molar-refractivity contribution in [3.63, 3.8) is 0 Å². The molecule has 3 rings (SSSR count). The van der Waals surface area contributed by atoms with Gasteiger partial charge in [0.15, 0.2) is 0 Å². The third-order valence-corrected chi connectivity index (χ3v) is 3.34. The number of fused-ring (bicyclic) bond motifs is 1. The summed E-state index contributed by atoms with van der Waals surface area (Å²) in [5.41, 5.74) is 2.24. The van der Waals surface area contributed by atoms with Crippen LogP contribution in [-0.2, 0) is 4.79 Å². The second-order valence-corrected chi connectivity index (χ2v) is 4.59. The van der Waals surface area contributed by atoms with Gasteiger partial charge in [-0.1, -0.05) is 6.07 Å². The predicted octanol–water partition coefficient (Wildman–Crippen LogP) is 2.96. The van der Waals surface area contributed by atoms with Gasteiger partial charge in [0.05, 0.1) is 24.1 Å². The summed E-state index contributed by atoms with van der Waals surface area (Å²) < 4.78 is 19.4. The molecule has 0 aliphatic carbocycles. The van der Waals surface area contributed by atoms with Crippen molar-refractivity contribution in [2.24, 2.45) is 0 Å². The van der Waals surface area contributed by atoms with Crippen LogP contribution in [0.4, 0.5) is 10.1 Å². The number of aromatic amines is 1. The SMILES string of the molecule is COc1cc[nH]c1/C=C1\C(=O)Nc2ccc(C)c(F)c21. The number of H-pyrrole nitrogens is 1. The van der Waals surface area contributed by atoms with Crippen molar-refractivity contribution in [3.8, 4) is 5.75 Å². The van der Waals surface area contributed by atoms with Crippen LogP contribution in [0.15, 0.2) is 24.4 Å². The molecule has 1 aromatic heterocycles. The first-order chi connectivity index (χ1) is 9.61. The molecular weight excluding hydrogens is 259 g/mol. The number of rotatable bonds is 2. The van der Waals surface area contributed by atoms with Crippen molar-refractivity contribution in [2.75, 3.05) is 12.4 Å². The molecular formula is C15H13FN2O2. The number of halogens is 1. The highest BCUT2D eigenvalue weighted by atomic mass is 19.1. The molecule has 1 aliphatic heterocycles. The van der Waals surface area contributed by atoms with Gasteiger partial charge in [-0.2, -0.15) is 0 Å². The van der Waals surface area contributed by atoms with Crippen molar-refractivity contribution < 1.29 is 13.9 Å². The first kappa shape index (κ1) is 12.5. The van der Waals surface area contributed by atoms with E-state index in [-0.39, 0.29) is 11.7 Å². The van der Waals surface area contributed by atoms with Gasteiger partial charge in [-0.05, 0) is 30.7 Å². The molecule has 0 fully saturated rings. The van der Waals surface area contributed by atoms with Crippen LogP contribution >= 0.6 is 0 Å². The Kier molecular flexibility index (Phi) is 2.82. The molecule has 1 aliphatic rings. The van der Waals surface area contributed by atoms with Gasteiger partial charge in [0.1, 0.15) is 11.6 Å². The smallest absolute Gasteiger partial charge is 0.256 e. The van der Waals surface area contributed by atoms with E-state index in [9.17, 15) is 9.18 Å². The highest BCUT2D eigenvalue weighted by Gasteiger charge is 2.28. The zero-order valence-corrected chi connectivity index (χ0v) is 11.1. The second-order valence-electron chi connectivity index (χ2n) is 4.59. The average molecular weight is 272 g/mol. The van der Waals surface area contributed by atoms with Gasteiger partial charge in [-0.25, -0.2) is 4.39 Å². The number of aromatic nitrogens is 1. The molecule has 0 unspecified atom stereocenters. The molecule has 1 amide bonds. The Morgan fingerprint density at radius 2 is 2.10 bits per heavy atom. The van der Waals surface area contributed by atoms with E-state index in [0.717, 1.165) is 0 Å². The maximum absolute atomic E-state index is 14.3. The van der Waals surface area contributed by atoms with Crippen molar-refractivity contribution in [2.45, 2.75) is 6.92 Å². The Balaban J connectivity index is 2.17. The van der Waals surface area contributed by atoms with Crippen LogP contribution in [0.2, 0.25) is 0 Å². The topological polar surface area (TPSA) is 54.1 Å². The predicted molar refractivity (Wildman–Crippen MR) is 75.0 cm³/mol. The molecule has 20 heavy (non-hydrogen) atoms. The van der Waals surface area contributed by atoms with E-state index in [2.05, 4.69) is 10.3 Å². The van der Waals surface area contributed by atoms with Crippen molar-refractivity contribution >= 4 is 23.2 Å². The van der Waals surface area contributed by atoms with Crippen LogP contribution < -0.4 is 10.1 Å². The zero-order valence-electron chi connectivity index (χ0n) is 11.1. The van der Waals surface area contributed by atoms with Crippen molar-refractivity contribution in [3.05, 3.63) is 47.0 Å². The summed E-state index contributed by atoms with van der Waals surface area (Å²) in [5.74, 6) is -0.0920. The number of anilines is 1. The Labute approximate surface area is 115 Å². The van der Waals surface area contributed by atoms with Gasteiger partial charge >= 0.3 is 0 Å². The lowest BCUT2D eigenvalue weighted by Gasteiger charge is -2.04. The number of hydrogen-bond donors (Lipinski definition) is 2. The van der Waals surface area contributed by atoms with E-state index >= 15 is 0 Å². The van der Waals surface area contributed by atoms with Crippen LogP contribution in [0.5, 0.6) is 5.75 Å². The summed E-state index contributed by atoms with van der Waals surface area (Å²) >= 11 is 0. The van der Waals surface area contributed by atoms with Crippen LogP contribution in [0.25, 0.3) is 11.6 Å². The van der Waals surface area contributed by atoms with Gasteiger partial charge in [0.25, 0.3) is 5.91 Å². The van der Waals surface area contributed by atoms with Crippen LogP contribution in [-0.4, -0.2) is 18.0 Å². The maximum atomic E-state index is 14.3. The average Bonchev–Trinajstić information content (AvgIpc) is 3.00. The number of amides is 1. The lowest BCUT2D eigenvalue weighted by Crippen LogP contribution is -2.03. The van der Waals surface area contributed by atoms with Crippen LogP contribution in [0.1, 0.15) is 16.8 Å². The lowest BCUT2D eigenvalue weighted by atomic mass is 10.0. The summed E-state index contributed by atoms with van der Waals surface area (Å²) in [6, 6.07) is 5.10.